The van der Waals surface area contributed by atoms with Crippen molar-refractivity contribution in [2.75, 3.05) is 26.3 Å². The standard InChI is InChI=1S/C17H27NO2/c1-4-8-16-9-5-6-10-17(16)20-14-12-18-11-7-13-19-15(2)3/h4-6,8-10,15,18H,7,11-14H2,1-3H3. The van der Waals surface area contributed by atoms with E-state index in [1.807, 2.05) is 31.2 Å². The Balaban J connectivity index is 2.12. The zero-order valence-corrected chi connectivity index (χ0v) is 12.9. The average Bonchev–Trinajstić information content (AvgIpc) is 2.43. The lowest BCUT2D eigenvalue weighted by atomic mass is 10.2. The molecule has 1 N–H and O–H groups in total. The quantitative estimate of drug-likeness (QED) is 0.664. The summed E-state index contributed by atoms with van der Waals surface area (Å²) < 4.78 is 11.3. The Labute approximate surface area is 123 Å². The van der Waals surface area contributed by atoms with Gasteiger partial charge in [-0.25, -0.2) is 0 Å². The first-order valence-corrected chi connectivity index (χ1v) is 7.41. The molecule has 0 amide bonds. The van der Waals surface area contributed by atoms with Crippen molar-refractivity contribution in [3.8, 4) is 5.75 Å². The number of rotatable bonds is 10. The van der Waals surface area contributed by atoms with Gasteiger partial charge in [0.2, 0.25) is 0 Å². The summed E-state index contributed by atoms with van der Waals surface area (Å²) in [5, 5.41) is 3.36. The third kappa shape index (κ3) is 7.31. The summed E-state index contributed by atoms with van der Waals surface area (Å²) in [7, 11) is 0. The van der Waals surface area contributed by atoms with Crippen molar-refractivity contribution in [1.82, 2.24) is 5.32 Å². The van der Waals surface area contributed by atoms with Crippen molar-refractivity contribution in [2.45, 2.75) is 33.3 Å². The molecule has 1 aromatic carbocycles. The molecule has 20 heavy (non-hydrogen) atoms. The van der Waals surface area contributed by atoms with Gasteiger partial charge in [-0.05, 0) is 39.8 Å². The predicted molar refractivity (Wildman–Crippen MR) is 85.2 cm³/mol. The molecular formula is C17H27NO2. The molecular weight excluding hydrogens is 250 g/mol. The summed E-state index contributed by atoms with van der Waals surface area (Å²) in [5.41, 5.74) is 1.13. The minimum Gasteiger partial charge on any atom is -0.492 e. The summed E-state index contributed by atoms with van der Waals surface area (Å²) >= 11 is 0. The first kappa shape index (κ1) is 16.7. The second-order valence-electron chi connectivity index (χ2n) is 4.91. The molecule has 1 aromatic rings. The molecule has 3 nitrogen and oxygen atoms in total. The maximum absolute atomic E-state index is 5.79. The first-order valence-electron chi connectivity index (χ1n) is 7.41. The van der Waals surface area contributed by atoms with Gasteiger partial charge in [0.25, 0.3) is 0 Å². The average molecular weight is 277 g/mol. The number of para-hydroxylation sites is 1. The van der Waals surface area contributed by atoms with E-state index in [1.165, 1.54) is 0 Å². The van der Waals surface area contributed by atoms with E-state index in [9.17, 15) is 0 Å². The molecule has 0 radical (unpaired) electrons. The van der Waals surface area contributed by atoms with Gasteiger partial charge < -0.3 is 14.8 Å². The molecule has 0 bridgehead atoms. The van der Waals surface area contributed by atoms with E-state index >= 15 is 0 Å². The predicted octanol–water partition coefficient (Wildman–Crippen LogP) is 3.50. The zero-order valence-electron chi connectivity index (χ0n) is 12.9. The van der Waals surface area contributed by atoms with Crippen LogP contribution in [0.25, 0.3) is 6.08 Å². The highest BCUT2D eigenvalue weighted by Crippen LogP contribution is 2.18. The maximum Gasteiger partial charge on any atom is 0.126 e. The van der Waals surface area contributed by atoms with Gasteiger partial charge in [0.05, 0.1) is 6.10 Å². The van der Waals surface area contributed by atoms with Crippen LogP contribution in [0.1, 0.15) is 32.8 Å². The van der Waals surface area contributed by atoms with Crippen molar-refractivity contribution in [3.05, 3.63) is 35.9 Å². The molecule has 0 heterocycles. The molecule has 0 atom stereocenters. The van der Waals surface area contributed by atoms with Gasteiger partial charge in [-0.15, -0.1) is 0 Å². The van der Waals surface area contributed by atoms with Crippen LogP contribution in [0.4, 0.5) is 0 Å². The van der Waals surface area contributed by atoms with E-state index in [1.54, 1.807) is 0 Å². The van der Waals surface area contributed by atoms with Crippen molar-refractivity contribution in [2.24, 2.45) is 0 Å². The van der Waals surface area contributed by atoms with Crippen LogP contribution in [-0.2, 0) is 4.74 Å². The number of nitrogens with one attached hydrogen (secondary N) is 1. The second kappa shape index (κ2) is 10.5. The lowest BCUT2D eigenvalue weighted by Crippen LogP contribution is -2.23. The van der Waals surface area contributed by atoms with Gasteiger partial charge in [0.1, 0.15) is 12.4 Å². The van der Waals surface area contributed by atoms with Gasteiger partial charge in [-0.1, -0.05) is 30.4 Å². The normalized spacial score (nSPS) is 11.4. The third-order valence-electron chi connectivity index (χ3n) is 2.75. The highest BCUT2D eigenvalue weighted by Gasteiger charge is 1.99. The van der Waals surface area contributed by atoms with E-state index in [0.29, 0.717) is 12.7 Å². The number of hydrogen-bond donors (Lipinski definition) is 1. The molecule has 0 aromatic heterocycles. The summed E-state index contributed by atoms with van der Waals surface area (Å²) in [6.07, 6.45) is 5.44. The van der Waals surface area contributed by atoms with Crippen LogP contribution in [0.3, 0.4) is 0 Å². The van der Waals surface area contributed by atoms with E-state index in [2.05, 4.69) is 31.3 Å². The smallest absolute Gasteiger partial charge is 0.126 e. The SMILES string of the molecule is CC=Cc1ccccc1OCCNCCCOC(C)C. The highest BCUT2D eigenvalue weighted by atomic mass is 16.5. The summed E-state index contributed by atoms with van der Waals surface area (Å²) in [6.45, 7) is 9.44. The molecule has 1 rings (SSSR count). The topological polar surface area (TPSA) is 30.5 Å². The lowest BCUT2D eigenvalue weighted by Gasteiger charge is -2.10. The minimum absolute atomic E-state index is 0.321. The van der Waals surface area contributed by atoms with Crippen molar-refractivity contribution in [3.63, 3.8) is 0 Å². The van der Waals surface area contributed by atoms with Crippen molar-refractivity contribution in [1.29, 1.82) is 0 Å². The number of ether oxygens (including phenoxy) is 2. The number of benzene rings is 1. The molecule has 3 heteroatoms. The summed E-state index contributed by atoms with van der Waals surface area (Å²) in [4.78, 5) is 0. The van der Waals surface area contributed by atoms with Crippen molar-refractivity contribution < 1.29 is 9.47 Å². The molecule has 0 spiro atoms. The molecule has 0 aliphatic carbocycles. The Bertz CT molecular complexity index is 388. The Morgan fingerprint density at radius 2 is 1.95 bits per heavy atom. The summed E-state index contributed by atoms with van der Waals surface area (Å²) in [6, 6.07) is 8.09. The molecule has 0 aliphatic rings. The lowest BCUT2D eigenvalue weighted by molar-refractivity contribution is 0.0770. The van der Waals surface area contributed by atoms with Gasteiger partial charge in [0, 0.05) is 18.7 Å². The monoisotopic (exact) mass is 277 g/mol. The highest BCUT2D eigenvalue weighted by molar-refractivity contribution is 5.56. The second-order valence-corrected chi connectivity index (χ2v) is 4.91. The molecule has 112 valence electrons. The molecule has 0 aliphatic heterocycles. The van der Waals surface area contributed by atoms with E-state index in [4.69, 9.17) is 9.47 Å². The van der Waals surface area contributed by atoms with Crippen LogP contribution in [0.5, 0.6) is 5.75 Å². The molecule has 0 saturated heterocycles. The molecule has 0 unspecified atom stereocenters. The van der Waals surface area contributed by atoms with E-state index in [0.717, 1.165) is 37.4 Å². The van der Waals surface area contributed by atoms with E-state index in [-0.39, 0.29) is 0 Å². The van der Waals surface area contributed by atoms with Crippen LogP contribution in [0.15, 0.2) is 30.3 Å². The Morgan fingerprint density at radius 3 is 2.70 bits per heavy atom. The fourth-order valence-electron chi connectivity index (χ4n) is 1.80. The number of allylic oxidation sites excluding steroid dienone is 1. The largest absolute Gasteiger partial charge is 0.492 e. The van der Waals surface area contributed by atoms with Crippen LogP contribution in [0, 0.1) is 0 Å². The minimum atomic E-state index is 0.321. The molecule has 0 fully saturated rings. The Hall–Kier alpha value is -1.32. The number of hydrogen-bond acceptors (Lipinski definition) is 3. The fourth-order valence-corrected chi connectivity index (χ4v) is 1.80. The van der Waals surface area contributed by atoms with E-state index < -0.39 is 0 Å². The molecule has 0 saturated carbocycles. The van der Waals surface area contributed by atoms with Crippen LogP contribution in [0.2, 0.25) is 0 Å². The third-order valence-corrected chi connectivity index (χ3v) is 2.75. The van der Waals surface area contributed by atoms with Gasteiger partial charge in [-0.3, -0.25) is 0 Å². The first-order chi connectivity index (χ1) is 9.74. The van der Waals surface area contributed by atoms with Crippen molar-refractivity contribution >= 4 is 6.08 Å². The van der Waals surface area contributed by atoms with Crippen LogP contribution < -0.4 is 10.1 Å². The maximum atomic E-state index is 5.79. The van der Waals surface area contributed by atoms with Gasteiger partial charge >= 0.3 is 0 Å². The van der Waals surface area contributed by atoms with Gasteiger partial charge in [-0.2, -0.15) is 0 Å². The van der Waals surface area contributed by atoms with Crippen LogP contribution in [-0.4, -0.2) is 32.4 Å². The van der Waals surface area contributed by atoms with Crippen LogP contribution >= 0.6 is 0 Å². The summed E-state index contributed by atoms with van der Waals surface area (Å²) in [5.74, 6) is 0.940. The Morgan fingerprint density at radius 1 is 1.15 bits per heavy atom. The zero-order chi connectivity index (χ0) is 14.6. The van der Waals surface area contributed by atoms with Gasteiger partial charge in [0.15, 0.2) is 0 Å². The fraction of sp³-hybridized carbons (Fsp3) is 0.529. The Kier molecular flexibility index (Phi) is 8.76.